The second-order valence-electron chi connectivity index (χ2n) is 3.86. The van der Waals surface area contributed by atoms with Crippen molar-refractivity contribution in [3.8, 4) is 0 Å². The van der Waals surface area contributed by atoms with Crippen molar-refractivity contribution in [3.05, 3.63) is 17.0 Å². The first-order valence-electron chi connectivity index (χ1n) is 4.86. The standard InChI is InChI=1S/C10H17ClN4/c1-8-7-9(13-10(11)12-8)15(4)6-5-14(2)3/h7H,5-6H2,1-4H3. The summed E-state index contributed by atoms with van der Waals surface area (Å²) in [7, 11) is 6.10. The van der Waals surface area contributed by atoms with E-state index >= 15 is 0 Å². The lowest BCUT2D eigenvalue weighted by molar-refractivity contribution is 0.416. The van der Waals surface area contributed by atoms with E-state index in [1.54, 1.807) is 0 Å². The molecule has 5 heteroatoms. The Kier molecular flexibility index (Phi) is 4.29. The molecule has 1 rings (SSSR count). The second kappa shape index (κ2) is 5.28. The van der Waals surface area contributed by atoms with Gasteiger partial charge >= 0.3 is 0 Å². The highest BCUT2D eigenvalue weighted by molar-refractivity contribution is 6.28. The molecule has 0 bridgehead atoms. The minimum atomic E-state index is 0.307. The Morgan fingerprint density at radius 1 is 1.20 bits per heavy atom. The number of likely N-dealkylation sites (N-methyl/N-ethyl adjacent to an activating group) is 2. The van der Waals surface area contributed by atoms with Crippen molar-refractivity contribution in [3.63, 3.8) is 0 Å². The highest BCUT2D eigenvalue weighted by atomic mass is 35.5. The first-order chi connectivity index (χ1) is 6.99. The van der Waals surface area contributed by atoms with Gasteiger partial charge < -0.3 is 9.80 Å². The van der Waals surface area contributed by atoms with Crippen molar-refractivity contribution in [2.45, 2.75) is 6.92 Å². The lowest BCUT2D eigenvalue weighted by Crippen LogP contribution is -2.29. The molecule has 0 aliphatic rings. The molecule has 0 N–H and O–H groups in total. The topological polar surface area (TPSA) is 32.3 Å². The molecule has 1 aromatic heterocycles. The Balaban J connectivity index is 2.68. The van der Waals surface area contributed by atoms with Gasteiger partial charge in [-0.2, -0.15) is 0 Å². The summed E-state index contributed by atoms with van der Waals surface area (Å²) in [5.41, 5.74) is 0.890. The highest BCUT2D eigenvalue weighted by Crippen LogP contribution is 2.13. The Hall–Kier alpha value is -0.870. The van der Waals surface area contributed by atoms with Gasteiger partial charge in [0.2, 0.25) is 5.28 Å². The van der Waals surface area contributed by atoms with E-state index in [4.69, 9.17) is 11.6 Å². The molecule has 0 amide bonds. The summed E-state index contributed by atoms with van der Waals surface area (Å²) in [6.07, 6.45) is 0. The zero-order valence-corrected chi connectivity index (χ0v) is 10.4. The Morgan fingerprint density at radius 3 is 2.40 bits per heavy atom. The van der Waals surface area contributed by atoms with Crippen LogP contribution in [0.15, 0.2) is 6.07 Å². The molecule has 0 aromatic carbocycles. The predicted octanol–water partition coefficient (Wildman–Crippen LogP) is 1.44. The summed E-state index contributed by atoms with van der Waals surface area (Å²) < 4.78 is 0. The number of anilines is 1. The molecule has 84 valence electrons. The lowest BCUT2D eigenvalue weighted by Gasteiger charge is -2.20. The van der Waals surface area contributed by atoms with Crippen LogP contribution in [-0.4, -0.2) is 49.1 Å². The van der Waals surface area contributed by atoms with Gasteiger partial charge in [-0.15, -0.1) is 0 Å². The molecular formula is C10H17ClN4. The van der Waals surface area contributed by atoms with Gasteiger partial charge in [0.25, 0.3) is 0 Å². The molecule has 15 heavy (non-hydrogen) atoms. The number of rotatable bonds is 4. The zero-order chi connectivity index (χ0) is 11.4. The van der Waals surface area contributed by atoms with Gasteiger partial charge in [-0.3, -0.25) is 0 Å². The monoisotopic (exact) mass is 228 g/mol. The summed E-state index contributed by atoms with van der Waals surface area (Å²) >= 11 is 5.80. The maximum absolute atomic E-state index is 5.80. The Labute approximate surface area is 95.9 Å². The molecule has 1 heterocycles. The van der Waals surface area contributed by atoms with Crippen molar-refractivity contribution < 1.29 is 0 Å². The maximum Gasteiger partial charge on any atom is 0.224 e. The predicted molar refractivity (Wildman–Crippen MR) is 63.6 cm³/mol. The third kappa shape index (κ3) is 4.01. The number of nitrogens with zero attached hydrogens (tertiary/aromatic N) is 4. The minimum Gasteiger partial charge on any atom is -0.358 e. The molecular weight excluding hydrogens is 212 g/mol. The fourth-order valence-corrected chi connectivity index (χ4v) is 1.40. The molecule has 0 aliphatic heterocycles. The number of aryl methyl sites for hydroxylation is 1. The fourth-order valence-electron chi connectivity index (χ4n) is 1.18. The zero-order valence-electron chi connectivity index (χ0n) is 9.66. The Bertz CT molecular complexity index is 307. The van der Waals surface area contributed by atoms with Gasteiger partial charge in [0.05, 0.1) is 0 Å². The van der Waals surface area contributed by atoms with E-state index in [1.165, 1.54) is 0 Å². The molecule has 0 saturated heterocycles. The van der Waals surface area contributed by atoms with Gasteiger partial charge in [0, 0.05) is 31.9 Å². The van der Waals surface area contributed by atoms with Crippen LogP contribution in [0.25, 0.3) is 0 Å². The van der Waals surface area contributed by atoms with Crippen LogP contribution in [0.2, 0.25) is 5.28 Å². The van der Waals surface area contributed by atoms with E-state index in [0.717, 1.165) is 24.6 Å². The van der Waals surface area contributed by atoms with Crippen molar-refractivity contribution in [1.82, 2.24) is 14.9 Å². The van der Waals surface area contributed by atoms with E-state index in [0.29, 0.717) is 5.28 Å². The summed E-state index contributed by atoms with van der Waals surface area (Å²) in [6.45, 7) is 3.81. The molecule has 0 atom stereocenters. The minimum absolute atomic E-state index is 0.307. The Morgan fingerprint density at radius 2 is 1.87 bits per heavy atom. The summed E-state index contributed by atoms with van der Waals surface area (Å²) in [5.74, 6) is 0.870. The average Bonchev–Trinajstić information content (AvgIpc) is 2.12. The smallest absolute Gasteiger partial charge is 0.224 e. The fraction of sp³-hybridized carbons (Fsp3) is 0.600. The molecule has 0 aliphatic carbocycles. The lowest BCUT2D eigenvalue weighted by atomic mass is 10.4. The van der Waals surface area contributed by atoms with Crippen LogP contribution in [0, 0.1) is 6.92 Å². The van der Waals surface area contributed by atoms with Gasteiger partial charge in [0.15, 0.2) is 0 Å². The first kappa shape index (κ1) is 12.2. The largest absolute Gasteiger partial charge is 0.358 e. The van der Waals surface area contributed by atoms with Crippen LogP contribution in [-0.2, 0) is 0 Å². The van der Waals surface area contributed by atoms with E-state index in [2.05, 4.69) is 19.8 Å². The van der Waals surface area contributed by atoms with Crippen LogP contribution >= 0.6 is 11.6 Å². The van der Waals surface area contributed by atoms with Gasteiger partial charge in [-0.25, -0.2) is 9.97 Å². The van der Waals surface area contributed by atoms with Crippen LogP contribution in [0.3, 0.4) is 0 Å². The third-order valence-corrected chi connectivity index (χ3v) is 2.26. The van der Waals surface area contributed by atoms with E-state index < -0.39 is 0 Å². The third-order valence-electron chi connectivity index (χ3n) is 2.09. The molecule has 4 nitrogen and oxygen atoms in total. The normalized spacial score (nSPS) is 10.8. The first-order valence-corrected chi connectivity index (χ1v) is 5.24. The van der Waals surface area contributed by atoms with Crippen molar-refractivity contribution >= 4 is 17.4 Å². The average molecular weight is 229 g/mol. The van der Waals surface area contributed by atoms with Crippen molar-refractivity contribution in [2.24, 2.45) is 0 Å². The second-order valence-corrected chi connectivity index (χ2v) is 4.20. The summed E-state index contributed by atoms with van der Waals surface area (Å²) in [6, 6.07) is 1.93. The maximum atomic E-state index is 5.80. The molecule has 1 aromatic rings. The number of aromatic nitrogens is 2. The molecule has 0 spiro atoms. The van der Waals surface area contributed by atoms with E-state index in [9.17, 15) is 0 Å². The quantitative estimate of drug-likeness (QED) is 0.730. The van der Waals surface area contributed by atoms with Gasteiger partial charge in [0.1, 0.15) is 5.82 Å². The van der Waals surface area contributed by atoms with Crippen LogP contribution in [0.1, 0.15) is 5.69 Å². The number of hydrogen-bond donors (Lipinski definition) is 0. The molecule has 0 unspecified atom stereocenters. The van der Waals surface area contributed by atoms with Gasteiger partial charge in [-0.05, 0) is 32.6 Å². The van der Waals surface area contributed by atoms with Crippen LogP contribution in [0.5, 0.6) is 0 Å². The van der Waals surface area contributed by atoms with Crippen molar-refractivity contribution in [1.29, 1.82) is 0 Å². The molecule has 0 radical (unpaired) electrons. The molecule has 0 fully saturated rings. The van der Waals surface area contributed by atoms with Crippen molar-refractivity contribution in [2.75, 3.05) is 39.1 Å². The SMILES string of the molecule is Cc1cc(N(C)CCN(C)C)nc(Cl)n1. The number of hydrogen-bond acceptors (Lipinski definition) is 4. The summed E-state index contributed by atoms with van der Waals surface area (Å²) in [5, 5.41) is 0.307. The van der Waals surface area contributed by atoms with Crippen LogP contribution < -0.4 is 4.90 Å². The highest BCUT2D eigenvalue weighted by Gasteiger charge is 2.05. The van der Waals surface area contributed by atoms with E-state index in [-0.39, 0.29) is 0 Å². The summed E-state index contributed by atoms with van der Waals surface area (Å²) in [4.78, 5) is 12.4. The van der Waals surface area contributed by atoms with Crippen LogP contribution in [0.4, 0.5) is 5.82 Å². The number of halogens is 1. The molecule has 0 saturated carbocycles. The van der Waals surface area contributed by atoms with E-state index in [1.807, 2.05) is 34.1 Å². The van der Waals surface area contributed by atoms with Gasteiger partial charge in [-0.1, -0.05) is 0 Å².